The lowest BCUT2D eigenvalue weighted by Gasteiger charge is -2.18. The Labute approximate surface area is 160 Å². The molecule has 0 radical (unpaired) electrons. The second kappa shape index (κ2) is 7.95. The zero-order valence-corrected chi connectivity index (χ0v) is 15.5. The van der Waals surface area contributed by atoms with E-state index in [1.165, 1.54) is 23.9 Å². The van der Waals surface area contributed by atoms with Crippen LogP contribution in [-0.4, -0.2) is 49.7 Å². The maximum atomic E-state index is 12.4. The van der Waals surface area contributed by atoms with Crippen molar-refractivity contribution in [2.24, 2.45) is 7.05 Å². The third-order valence-electron chi connectivity index (χ3n) is 4.51. The fraction of sp³-hybridized carbons (Fsp3) is 0.263. The second-order valence-electron chi connectivity index (χ2n) is 6.50. The fourth-order valence-electron chi connectivity index (χ4n) is 2.95. The largest absolute Gasteiger partial charge is 0.480 e. The maximum Gasteiger partial charge on any atom is 0.326 e. The molecule has 3 aromatic rings. The molecule has 0 aliphatic carbocycles. The number of carboxylic acid groups (broad SMARTS) is 1. The molecule has 0 saturated heterocycles. The van der Waals surface area contributed by atoms with Crippen LogP contribution in [0, 0.1) is 0 Å². The minimum Gasteiger partial charge on any atom is -0.480 e. The molecule has 9 heteroatoms. The Bertz CT molecular complexity index is 1020. The fourth-order valence-corrected chi connectivity index (χ4v) is 2.95. The van der Waals surface area contributed by atoms with Gasteiger partial charge in [-0.1, -0.05) is 18.2 Å². The highest BCUT2D eigenvalue weighted by Crippen LogP contribution is 2.19. The number of nitrogens with zero attached hydrogens (tertiary/aromatic N) is 2. The van der Waals surface area contributed by atoms with E-state index < -0.39 is 29.9 Å². The molecule has 146 valence electrons. The van der Waals surface area contributed by atoms with Gasteiger partial charge in [0.15, 0.2) is 0 Å². The predicted molar refractivity (Wildman–Crippen MR) is 102 cm³/mol. The van der Waals surface area contributed by atoms with Gasteiger partial charge in [0.05, 0.1) is 0 Å². The molecule has 2 heterocycles. The van der Waals surface area contributed by atoms with Gasteiger partial charge in [-0.2, -0.15) is 5.10 Å². The first-order valence-electron chi connectivity index (χ1n) is 8.74. The summed E-state index contributed by atoms with van der Waals surface area (Å²) in [5.74, 6) is -2.20. The van der Waals surface area contributed by atoms with Crippen molar-refractivity contribution < 1.29 is 19.5 Å². The minimum absolute atomic E-state index is 0.119. The van der Waals surface area contributed by atoms with Gasteiger partial charge in [-0.05, 0) is 24.6 Å². The number of H-pyrrole nitrogens is 1. The van der Waals surface area contributed by atoms with Gasteiger partial charge in [-0.15, -0.1) is 0 Å². The number of carbonyl (C=O) groups excluding carboxylic acids is 2. The Hall–Kier alpha value is -3.62. The van der Waals surface area contributed by atoms with Gasteiger partial charge in [0.25, 0.3) is 5.91 Å². The van der Waals surface area contributed by atoms with E-state index in [-0.39, 0.29) is 6.42 Å². The first-order chi connectivity index (χ1) is 13.4. The van der Waals surface area contributed by atoms with E-state index in [0.29, 0.717) is 5.69 Å². The number of hydrogen-bond donors (Lipinski definition) is 4. The van der Waals surface area contributed by atoms with Crippen molar-refractivity contribution in [3.63, 3.8) is 0 Å². The van der Waals surface area contributed by atoms with Crippen molar-refractivity contribution in [3.8, 4) is 0 Å². The van der Waals surface area contributed by atoms with Gasteiger partial charge in [-0.25, -0.2) is 4.79 Å². The molecular formula is C19H21N5O4. The molecule has 0 saturated carbocycles. The minimum atomic E-state index is -1.15. The summed E-state index contributed by atoms with van der Waals surface area (Å²) in [6, 6.07) is 7.02. The van der Waals surface area contributed by atoms with E-state index in [0.717, 1.165) is 16.5 Å². The lowest BCUT2D eigenvalue weighted by atomic mass is 10.0. The van der Waals surface area contributed by atoms with Crippen LogP contribution in [-0.2, 0) is 23.1 Å². The van der Waals surface area contributed by atoms with Crippen molar-refractivity contribution in [2.75, 3.05) is 0 Å². The number of para-hydroxylation sites is 1. The third-order valence-corrected chi connectivity index (χ3v) is 4.51. The number of carbonyl (C=O) groups is 3. The molecule has 1 aromatic carbocycles. The first kappa shape index (κ1) is 19.2. The van der Waals surface area contributed by atoms with Crippen LogP contribution in [0.1, 0.15) is 23.0 Å². The third kappa shape index (κ3) is 4.03. The molecule has 28 heavy (non-hydrogen) atoms. The highest BCUT2D eigenvalue weighted by atomic mass is 16.4. The van der Waals surface area contributed by atoms with Crippen LogP contribution in [0.3, 0.4) is 0 Å². The number of fused-ring (bicyclic) bond motifs is 1. The molecule has 0 spiro atoms. The summed E-state index contributed by atoms with van der Waals surface area (Å²) in [6.07, 6.45) is 3.33. The monoisotopic (exact) mass is 383 g/mol. The lowest BCUT2D eigenvalue weighted by Crippen LogP contribution is -2.51. The highest BCUT2D eigenvalue weighted by Gasteiger charge is 2.25. The molecule has 0 aliphatic rings. The molecule has 2 aromatic heterocycles. The number of hydrogen-bond acceptors (Lipinski definition) is 4. The van der Waals surface area contributed by atoms with Crippen molar-refractivity contribution >= 4 is 28.7 Å². The number of aryl methyl sites for hydroxylation is 1. The van der Waals surface area contributed by atoms with Crippen LogP contribution in [0.25, 0.3) is 10.9 Å². The molecule has 0 aliphatic heterocycles. The Morgan fingerprint density at radius 3 is 2.64 bits per heavy atom. The molecule has 4 N–H and O–H groups in total. The number of aromatic nitrogens is 3. The number of rotatable bonds is 7. The van der Waals surface area contributed by atoms with Crippen LogP contribution in [0.15, 0.2) is 42.7 Å². The summed E-state index contributed by atoms with van der Waals surface area (Å²) in [7, 11) is 1.61. The first-order valence-corrected chi connectivity index (χ1v) is 8.74. The number of carboxylic acids is 1. The van der Waals surface area contributed by atoms with Gasteiger partial charge in [-0.3, -0.25) is 14.3 Å². The van der Waals surface area contributed by atoms with Crippen molar-refractivity contribution in [2.45, 2.75) is 25.4 Å². The molecule has 3 rings (SSSR count). The lowest BCUT2D eigenvalue weighted by molar-refractivity contribution is -0.142. The summed E-state index contributed by atoms with van der Waals surface area (Å²) in [5, 5.41) is 19.4. The van der Waals surface area contributed by atoms with E-state index in [2.05, 4.69) is 20.7 Å². The van der Waals surface area contributed by atoms with E-state index in [1.54, 1.807) is 13.2 Å². The van der Waals surface area contributed by atoms with Crippen LogP contribution < -0.4 is 10.6 Å². The Morgan fingerprint density at radius 1 is 1.21 bits per heavy atom. The number of aromatic amines is 1. The SMILES string of the molecule is C[C@H](NC(=O)c1ccnn1C)C(=O)N[C@@H](Cc1c[nH]c2ccccc12)C(=O)O. The van der Waals surface area contributed by atoms with Crippen molar-refractivity contribution in [3.05, 3.63) is 54.0 Å². The number of benzene rings is 1. The Kier molecular flexibility index (Phi) is 5.44. The van der Waals surface area contributed by atoms with Crippen LogP contribution >= 0.6 is 0 Å². The molecule has 2 amide bonds. The summed E-state index contributed by atoms with van der Waals surface area (Å²) in [5.41, 5.74) is 1.98. The standard InChI is InChI=1S/C19H21N5O4/c1-11(22-18(26)16-7-8-21-24(16)2)17(25)23-15(19(27)28)9-12-10-20-14-6-4-3-5-13(12)14/h3-8,10-11,15,20H,9H2,1-2H3,(H,22,26)(H,23,25)(H,27,28)/t11-,15-/m0/s1. The van der Waals surface area contributed by atoms with Gasteiger partial charge in [0.2, 0.25) is 5.91 Å². The quantitative estimate of drug-likeness (QED) is 0.480. The molecular weight excluding hydrogens is 362 g/mol. The summed E-state index contributed by atoms with van der Waals surface area (Å²) in [6.45, 7) is 1.49. The van der Waals surface area contributed by atoms with E-state index in [4.69, 9.17) is 0 Å². The number of amides is 2. The van der Waals surface area contributed by atoms with Gasteiger partial charge in [0, 0.05) is 36.8 Å². The van der Waals surface area contributed by atoms with Crippen LogP contribution in [0.2, 0.25) is 0 Å². The molecule has 0 bridgehead atoms. The molecule has 2 atom stereocenters. The Morgan fingerprint density at radius 2 is 1.96 bits per heavy atom. The highest BCUT2D eigenvalue weighted by molar-refractivity contribution is 5.96. The smallest absolute Gasteiger partial charge is 0.326 e. The topological polar surface area (TPSA) is 129 Å². The predicted octanol–water partition coefficient (Wildman–Crippen LogP) is 0.832. The van der Waals surface area contributed by atoms with E-state index in [1.807, 2.05) is 24.3 Å². The zero-order valence-electron chi connectivity index (χ0n) is 15.5. The normalized spacial score (nSPS) is 13.1. The van der Waals surface area contributed by atoms with Crippen LogP contribution in [0.5, 0.6) is 0 Å². The maximum absolute atomic E-state index is 12.4. The average Bonchev–Trinajstić information content (AvgIpc) is 3.27. The zero-order chi connectivity index (χ0) is 20.3. The van der Waals surface area contributed by atoms with E-state index >= 15 is 0 Å². The molecule has 0 unspecified atom stereocenters. The van der Waals surface area contributed by atoms with Crippen LogP contribution in [0.4, 0.5) is 0 Å². The van der Waals surface area contributed by atoms with Gasteiger partial charge in [0.1, 0.15) is 17.8 Å². The van der Waals surface area contributed by atoms with E-state index in [9.17, 15) is 19.5 Å². The number of aliphatic carboxylic acids is 1. The number of nitrogens with one attached hydrogen (secondary N) is 3. The summed E-state index contributed by atoms with van der Waals surface area (Å²) in [4.78, 5) is 39.3. The van der Waals surface area contributed by atoms with Gasteiger partial charge < -0.3 is 20.7 Å². The van der Waals surface area contributed by atoms with Gasteiger partial charge >= 0.3 is 5.97 Å². The summed E-state index contributed by atoms with van der Waals surface area (Å²) >= 11 is 0. The second-order valence-corrected chi connectivity index (χ2v) is 6.50. The molecule has 0 fully saturated rings. The van der Waals surface area contributed by atoms with Crippen molar-refractivity contribution in [1.29, 1.82) is 0 Å². The Balaban J connectivity index is 1.66. The summed E-state index contributed by atoms with van der Waals surface area (Å²) < 4.78 is 1.39. The van der Waals surface area contributed by atoms with Crippen molar-refractivity contribution in [1.82, 2.24) is 25.4 Å². The molecule has 9 nitrogen and oxygen atoms in total. The average molecular weight is 383 g/mol.